The van der Waals surface area contributed by atoms with Gasteiger partial charge in [-0.15, -0.1) is 11.3 Å². The molecule has 5 heteroatoms. The molecular formula is C13H17N3S2. The first-order valence-electron chi connectivity index (χ1n) is 6.27. The molecule has 1 fully saturated rings. The minimum atomic E-state index is 0.435. The van der Waals surface area contributed by atoms with E-state index in [1.807, 2.05) is 0 Å². The number of nitrogens with zero attached hydrogens (tertiary/aromatic N) is 2. The van der Waals surface area contributed by atoms with Gasteiger partial charge in [-0.05, 0) is 18.4 Å². The number of rotatable bonds is 3. The minimum absolute atomic E-state index is 0.435. The van der Waals surface area contributed by atoms with Crippen molar-refractivity contribution in [2.75, 3.05) is 26.2 Å². The van der Waals surface area contributed by atoms with E-state index in [0.717, 1.165) is 31.9 Å². The quantitative estimate of drug-likeness (QED) is 0.936. The van der Waals surface area contributed by atoms with Crippen LogP contribution >= 0.6 is 22.7 Å². The van der Waals surface area contributed by atoms with E-state index in [2.05, 4.69) is 39.3 Å². The molecule has 0 amide bonds. The Hall–Kier alpha value is -0.750. The summed E-state index contributed by atoms with van der Waals surface area (Å²) in [6.45, 7) is 6.69. The number of piperazine rings is 1. The van der Waals surface area contributed by atoms with Crippen LogP contribution < -0.4 is 5.32 Å². The van der Waals surface area contributed by atoms with Crippen molar-refractivity contribution in [3.63, 3.8) is 0 Å². The molecule has 1 aliphatic heterocycles. The molecule has 0 aliphatic carbocycles. The molecule has 96 valence electrons. The van der Waals surface area contributed by atoms with Crippen LogP contribution in [-0.4, -0.2) is 36.1 Å². The fraction of sp³-hybridized carbons (Fsp3) is 0.462. The van der Waals surface area contributed by atoms with Gasteiger partial charge in [-0.1, -0.05) is 0 Å². The van der Waals surface area contributed by atoms with E-state index in [-0.39, 0.29) is 0 Å². The van der Waals surface area contributed by atoms with Crippen LogP contribution in [0.3, 0.4) is 0 Å². The van der Waals surface area contributed by atoms with Crippen molar-refractivity contribution in [1.29, 1.82) is 0 Å². The second-order valence-corrected chi connectivity index (χ2v) is 6.21. The zero-order valence-electron chi connectivity index (χ0n) is 10.4. The van der Waals surface area contributed by atoms with Crippen molar-refractivity contribution in [2.45, 2.75) is 13.0 Å². The van der Waals surface area contributed by atoms with Gasteiger partial charge in [0.25, 0.3) is 0 Å². The van der Waals surface area contributed by atoms with Gasteiger partial charge < -0.3 is 5.32 Å². The molecule has 1 N–H and O–H groups in total. The standard InChI is InChI=1S/C13H17N3S2/c1-10(16-5-3-14-4-6-16)13-15-12(9-18-13)11-2-7-17-8-11/h2,7-10,14H,3-6H2,1H3. The topological polar surface area (TPSA) is 28.2 Å². The van der Waals surface area contributed by atoms with Crippen LogP contribution in [0.2, 0.25) is 0 Å². The number of nitrogens with one attached hydrogen (secondary N) is 1. The van der Waals surface area contributed by atoms with Crippen molar-refractivity contribution in [3.05, 3.63) is 27.2 Å². The largest absolute Gasteiger partial charge is 0.314 e. The summed E-state index contributed by atoms with van der Waals surface area (Å²) in [6.07, 6.45) is 0. The summed E-state index contributed by atoms with van der Waals surface area (Å²) >= 11 is 3.51. The molecule has 0 aromatic carbocycles. The Morgan fingerprint density at radius 3 is 2.89 bits per heavy atom. The molecule has 3 nitrogen and oxygen atoms in total. The van der Waals surface area contributed by atoms with Crippen molar-refractivity contribution in [3.8, 4) is 11.3 Å². The van der Waals surface area contributed by atoms with Crippen LogP contribution in [0, 0.1) is 0 Å². The zero-order valence-corrected chi connectivity index (χ0v) is 12.1. The van der Waals surface area contributed by atoms with Crippen molar-refractivity contribution in [2.24, 2.45) is 0 Å². The number of hydrogen-bond donors (Lipinski definition) is 1. The SMILES string of the molecule is CC(c1nc(-c2ccsc2)cs1)N1CCNCC1. The van der Waals surface area contributed by atoms with Gasteiger partial charge in [0.15, 0.2) is 0 Å². The van der Waals surface area contributed by atoms with Crippen LogP contribution in [0.1, 0.15) is 18.0 Å². The maximum atomic E-state index is 4.79. The van der Waals surface area contributed by atoms with Crippen molar-refractivity contribution < 1.29 is 0 Å². The molecule has 3 rings (SSSR count). The summed E-state index contributed by atoms with van der Waals surface area (Å²) in [6, 6.07) is 2.57. The van der Waals surface area contributed by atoms with Crippen molar-refractivity contribution >= 4 is 22.7 Å². The Labute approximate surface area is 115 Å². The molecule has 0 saturated carbocycles. The van der Waals surface area contributed by atoms with Gasteiger partial charge in [0, 0.05) is 42.5 Å². The molecule has 18 heavy (non-hydrogen) atoms. The number of thiazole rings is 1. The first-order chi connectivity index (χ1) is 8.84. The van der Waals surface area contributed by atoms with E-state index in [1.165, 1.54) is 10.6 Å². The van der Waals surface area contributed by atoms with E-state index in [1.54, 1.807) is 22.7 Å². The molecule has 0 bridgehead atoms. The Morgan fingerprint density at radius 1 is 1.33 bits per heavy atom. The maximum Gasteiger partial charge on any atom is 0.110 e. The van der Waals surface area contributed by atoms with Crippen LogP contribution in [0.5, 0.6) is 0 Å². The third kappa shape index (κ3) is 2.49. The fourth-order valence-electron chi connectivity index (χ4n) is 2.25. The summed E-state index contributed by atoms with van der Waals surface area (Å²) in [4.78, 5) is 7.30. The monoisotopic (exact) mass is 279 g/mol. The van der Waals surface area contributed by atoms with Gasteiger partial charge in [0.2, 0.25) is 0 Å². The normalized spacial score (nSPS) is 18.9. The lowest BCUT2D eigenvalue weighted by Crippen LogP contribution is -2.44. The highest BCUT2D eigenvalue weighted by Gasteiger charge is 2.20. The molecular weight excluding hydrogens is 262 g/mol. The average Bonchev–Trinajstić information content (AvgIpc) is 3.09. The molecule has 2 aromatic heterocycles. The second kappa shape index (κ2) is 5.48. The number of thiophene rings is 1. The predicted octanol–water partition coefficient (Wildman–Crippen LogP) is 2.84. The van der Waals surface area contributed by atoms with E-state index in [9.17, 15) is 0 Å². The lowest BCUT2D eigenvalue weighted by Gasteiger charge is -2.31. The van der Waals surface area contributed by atoms with Gasteiger partial charge in [0.1, 0.15) is 5.01 Å². The van der Waals surface area contributed by atoms with Gasteiger partial charge in [-0.3, -0.25) is 4.90 Å². The Morgan fingerprint density at radius 2 is 2.17 bits per heavy atom. The first kappa shape index (κ1) is 12.3. The van der Waals surface area contributed by atoms with E-state index >= 15 is 0 Å². The van der Waals surface area contributed by atoms with Gasteiger partial charge in [-0.2, -0.15) is 11.3 Å². The lowest BCUT2D eigenvalue weighted by atomic mass is 10.2. The smallest absolute Gasteiger partial charge is 0.110 e. The molecule has 3 heterocycles. The summed E-state index contributed by atoms with van der Waals surface area (Å²) in [5.74, 6) is 0. The van der Waals surface area contributed by atoms with E-state index in [4.69, 9.17) is 4.98 Å². The molecule has 2 aromatic rings. The number of hydrogen-bond acceptors (Lipinski definition) is 5. The van der Waals surface area contributed by atoms with Gasteiger partial charge in [0.05, 0.1) is 11.7 Å². The van der Waals surface area contributed by atoms with E-state index < -0.39 is 0 Å². The van der Waals surface area contributed by atoms with Crippen LogP contribution in [0.15, 0.2) is 22.2 Å². The first-order valence-corrected chi connectivity index (χ1v) is 8.09. The molecule has 0 radical (unpaired) electrons. The minimum Gasteiger partial charge on any atom is -0.314 e. The lowest BCUT2D eigenvalue weighted by molar-refractivity contribution is 0.185. The summed E-state index contributed by atoms with van der Waals surface area (Å²) in [5, 5.41) is 11.1. The van der Waals surface area contributed by atoms with Crippen LogP contribution in [-0.2, 0) is 0 Å². The van der Waals surface area contributed by atoms with Gasteiger partial charge >= 0.3 is 0 Å². The summed E-state index contributed by atoms with van der Waals surface area (Å²) in [7, 11) is 0. The highest BCUT2D eigenvalue weighted by molar-refractivity contribution is 7.10. The zero-order chi connectivity index (χ0) is 12.4. The third-order valence-corrected chi connectivity index (χ3v) is 5.09. The molecule has 1 unspecified atom stereocenters. The Bertz CT molecular complexity index is 486. The summed E-state index contributed by atoms with van der Waals surface area (Å²) < 4.78 is 0. The molecule has 0 spiro atoms. The highest BCUT2D eigenvalue weighted by atomic mass is 32.1. The maximum absolute atomic E-state index is 4.79. The highest BCUT2D eigenvalue weighted by Crippen LogP contribution is 2.29. The fourth-order valence-corrected chi connectivity index (χ4v) is 3.82. The molecule has 1 atom stereocenters. The Kier molecular flexibility index (Phi) is 3.75. The molecule has 1 saturated heterocycles. The van der Waals surface area contributed by atoms with E-state index in [0.29, 0.717) is 6.04 Å². The van der Waals surface area contributed by atoms with Crippen LogP contribution in [0.25, 0.3) is 11.3 Å². The van der Waals surface area contributed by atoms with Crippen molar-refractivity contribution in [1.82, 2.24) is 15.2 Å². The Balaban J connectivity index is 1.76. The van der Waals surface area contributed by atoms with Crippen LogP contribution in [0.4, 0.5) is 0 Å². The summed E-state index contributed by atoms with van der Waals surface area (Å²) in [5.41, 5.74) is 2.37. The third-order valence-electron chi connectivity index (χ3n) is 3.40. The van der Waals surface area contributed by atoms with Gasteiger partial charge in [-0.25, -0.2) is 4.98 Å². The predicted molar refractivity (Wildman–Crippen MR) is 78.3 cm³/mol. The average molecular weight is 279 g/mol. The molecule has 1 aliphatic rings. The second-order valence-electron chi connectivity index (χ2n) is 4.54. The number of aromatic nitrogens is 1.